The van der Waals surface area contributed by atoms with Gasteiger partial charge in [-0.3, -0.25) is 0 Å². The molecule has 4 aliphatic rings. The Labute approximate surface area is 174 Å². The lowest BCUT2D eigenvalue weighted by Crippen LogP contribution is -2.50. The average molecular weight is 405 g/mol. The SMILES string of the molecule is CC1C=C2CCCC(C2)C1OC(=O)N1C[C@@H]2CCCN(C(=O)OC(C)(C)C)[C@H]2C1. The van der Waals surface area contributed by atoms with Crippen LogP contribution in [0.1, 0.15) is 66.2 Å². The summed E-state index contributed by atoms with van der Waals surface area (Å²) < 4.78 is 11.7. The molecule has 3 unspecified atom stereocenters. The highest BCUT2D eigenvalue weighted by Gasteiger charge is 2.45. The van der Waals surface area contributed by atoms with Crippen molar-refractivity contribution in [1.82, 2.24) is 9.80 Å². The van der Waals surface area contributed by atoms with Crippen molar-refractivity contribution in [1.29, 1.82) is 0 Å². The van der Waals surface area contributed by atoms with Gasteiger partial charge in [-0.2, -0.15) is 0 Å². The molecule has 6 heteroatoms. The van der Waals surface area contributed by atoms with Gasteiger partial charge in [-0.25, -0.2) is 9.59 Å². The van der Waals surface area contributed by atoms with Crippen LogP contribution >= 0.6 is 0 Å². The number of rotatable bonds is 1. The first-order chi connectivity index (χ1) is 13.7. The van der Waals surface area contributed by atoms with Crippen molar-refractivity contribution in [3.63, 3.8) is 0 Å². The molecule has 0 aromatic heterocycles. The molecular formula is C23H36N2O4. The van der Waals surface area contributed by atoms with E-state index in [0.717, 1.165) is 25.7 Å². The highest BCUT2D eigenvalue weighted by atomic mass is 16.6. The van der Waals surface area contributed by atoms with Gasteiger partial charge in [0.05, 0.1) is 6.04 Å². The van der Waals surface area contributed by atoms with Gasteiger partial charge < -0.3 is 19.3 Å². The van der Waals surface area contributed by atoms with Gasteiger partial charge >= 0.3 is 12.2 Å². The third-order valence-corrected chi connectivity index (χ3v) is 6.98. The van der Waals surface area contributed by atoms with Crippen molar-refractivity contribution >= 4 is 12.2 Å². The van der Waals surface area contributed by atoms with Crippen LogP contribution in [0.15, 0.2) is 11.6 Å². The van der Waals surface area contributed by atoms with Gasteiger partial charge in [-0.1, -0.05) is 18.6 Å². The molecule has 1 saturated carbocycles. The molecule has 2 heterocycles. The maximum Gasteiger partial charge on any atom is 0.410 e. The second kappa shape index (κ2) is 7.84. The van der Waals surface area contributed by atoms with E-state index in [4.69, 9.17) is 9.47 Å². The lowest BCUT2D eigenvalue weighted by Gasteiger charge is -2.39. The number of carbonyl (C=O) groups excluding carboxylic acids is 2. The number of ether oxygens (including phenoxy) is 2. The van der Waals surface area contributed by atoms with E-state index in [1.54, 1.807) is 5.57 Å². The van der Waals surface area contributed by atoms with Gasteiger partial charge in [-0.15, -0.1) is 0 Å². The van der Waals surface area contributed by atoms with Crippen molar-refractivity contribution in [2.75, 3.05) is 19.6 Å². The van der Waals surface area contributed by atoms with Crippen LogP contribution in [0, 0.1) is 17.8 Å². The minimum atomic E-state index is -0.509. The summed E-state index contributed by atoms with van der Waals surface area (Å²) in [6.45, 7) is 9.77. The third-order valence-electron chi connectivity index (χ3n) is 6.98. The summed E-state index contributed by atoms with van der Waals surface area (Å²) in [5.41, 5.74) is 1.03. The number of allylic oxidation sites excluding steroid dienone is 1. The van der Waals surface area contributed by atoms with E-state index in [0.29, 0.717) is 31.5 Å². The molecule has 6 nitrogen and oxygen atoms in total. The lowest BCUT2D eigenvalue weighted by atomic mass is 9.73. The molecule has 4 rings (SSSR count). The molecule has 29 heavy (non-hydrogen) atoms. The Bertz CT molecular complexity index is 683. The molecule has 2 aliphatic heterocycles. The van der Waals surface area contributed by atoms with E-state index in [-0.39, 0.29) is 30.3 Å². The zero-order chi connectivity index (χ0) is 20.8. The van der Waals surface area contributed by atoms with Crippen LogP contribution in [0.3, 0.4) is 0 Å². The van der Waals surface area contributed by atoms with Crippen LogP contribution in [0.2, 0.25) is 0 Å². The van der Waals surface area contributed by atoms with Crippen LogP contribution in [0.4, 0.5) is 9.59 Å². The fourth-order valence-electron chi connectivity index (χ4n) is 5.73. The highest BCUT2D eigenvalue weighted by molar-refractivity contribution is 5.71. The molecule has 0 aromatic rings. The fourth-order valence-corrected chi connectivity index (χ4v) is 5.73. The normalized spacial score (nSPS) is 34.3. The van der Waals surface area contributed by atoms with E-state index < -0.39 is 5.60 Å². The minimum absolute atomic E-state index is 0.0175. The molecule has 0 radical (unpaired) electrons. The fraction of sp³-hybridized carbons (Fsp3) is 0.826. The van der Waals surface area contributed by atoms with Crippen molar-refractivity contribution in [2.24, 2.45) is 17.8 Å². The number of piperidine rings is 1. The monoisotopic (exact) mass is 404 g/mol. The highest BCUT2D eigenvalue weighted by Crippen LogP contribution is 2.40. The van der Waals surface area contributed by atoms with Gasteiger partial charge in [0, 0.05) is 31.5 Å². The number of hydrogen-bond donors (Lipinski definition) is 0. The van der Waals surface area contributed by atoms with Gasteiger partial charge in [-0.05, 0) is 65.2 Å². The van der Waals surface area contributed by atoms with E-state index in [9.17, 15) is 9.59 Å². The quantitative estimate of drug-likeness (QED) is 0.600. The second-order valence-electron chi connectivity index (χ2n) is 10.4. The molecule has 0 aromatic carbocycles. The summed E-state index contributed by atoms with van der Waals surface area (Å²) >= 11 is 0. The summed E-state index contributed by atoms with van der Waals surface area (Å²) in [6, 6.07) is 0.0381. The zero-order valence-electron chi connectivity index (χ0n) is 18.4. The summed E-state index contributed by atoms with van der Waals surface area (Å²) in [6.07, 6.45) is 8.48. The average Bonchev–Trinajstić information content (AvgIpc) is 3.08. The summed E-state index contributed by atoms with van der Waals surface area (Å²) in [5, 5.41) is 0. The molecule has 0 spiro atoms. The Balaban J connectivity index is 1.39. The lowest BCUT2D eigenvalue weighted by molar-refractivity contribution is 0.00222. The maximum absolute atomic E-state index is 13.0. The standard InChI is InChI=1S/C23H36N2O4/c1-15-11-16-7-5-8-17(12-16)20(15)28-21(26)24-13-18-9-6-10-25(19(18)14-24)22(27)29-23(2,3)4/h11,15,17-20H,5-10,12-14H2,1-4H3/t15?,17?,18-,19-,20?/m0/s1. The molecule has 2 saturated heterocycles. The Morgan fingerprint density at radius 2 is 1.83 bits per heavy atom. The predicted octanol–water partition coefficient (Wildman–Crippen LogP) is 4.59. The van der Waals surface area contributed by atoms with Crippen LogP contribution in [-0.4, -0.2) is 59.4 Å². The number of likely N-dealkylation sites (tertiary alicyclic amines) is 2. The first-order valence-electron chi connectivity index (χ1n) is 11.4. The number of carbonyl (C=O) groups is 2. The first kappa shape index (κ1) is 20.5. The molecule has 162 valence electrons. The maximum atomic E-state index is 13.0. The Morgan fingerprint density at radius 1 is 1.07 bits per heavy atom. The van der Waals surface area contributed by atoms with Crippen LogP contribution in [0.25, 0.3) is 0 Å². The Kier molecular flexibility index (Phi) is 5.56. The van der Waals surface area contributed by atoms with E-state index >= 15 is 0 Å². The molecule has 2 amide bonds. The first-order valence-corrected chi connectivity index (χ1v) is 11.4. The van der Waals surface area contributed by atoms with E-state index in [1.807, 2.05) is 30.6 Å². The van der Waals surface area contributed by atoms with E-state index in [2.05, 4.69) is 13.0 Å². The molecule has 2 bridgehead atoms. The third kappa shape index (κ3) is 4.41. The summed E-state index contributed by atoms with van der Waals surface area (Å²) in [7, 11) is 0. The molecule has 3 fully saturated rings. The van der Waals surface area contributed by atoms with Crippen molar-refractivity contribution in [2.45, 2.75) is 84.0 Å². The number of fused-ring (bicyclic) bond motifs is 3. The van der Waals surface area contributed by atoms with Crippen LogP contribution in [0.5, 0.6) is 0 Å². The minimum Gasteiger partial charge on any atom is -0.445 e. The summed E-state index contributed by atoms with van der Waals surface area (Å²) in [4.78, 5) is 29.4. The van der Waals surface area contributed by atoms with E-state index in [1.165, 1.54) is 12.8 Å². The summed E-state index contributed by atoms with van der Waals surface area (Å²) in [5.74, 6) is 1.07. The predicted molar refractivity (Wildman–Crippen MR) is 110 cm³/mol. The molecular weight excluding hydrogens is 368 g/mol. The smallest absolute Gasteiger partial charge is 0.410 e. The number of amides is 2. The Morgan fingerprint density at radius 3 is 2.59 bits per heavy atom. The zero-order valence-corrected chi connectivity index (χ0v) is 18.4. The largest absolute Gasteiger partial charge is 0.445 e. The van der Waals surface area contributed by atoms with Crippen LogP contribution < -0.4 is 0 Å². The van der Waals surface area contributed by atoms with Crippen molar-refractivity contribution in [3.05, 3.63) is 11.6 Å². The van der Waals surface area contributed by atoms with Gasteiger partial charge in [0.15, 0.2) is 0 Å². The van der Waals surface area contributed by atoms with Gasteiger partial charge in [0.2, 0.25) is 0 Å². The molecule has 2 aliphatic carbocycles. The van der Waals surface area contributed by atoms with Crippen LogP contribution in [-0.2, 0) is 9.47 Å². The van der Waals surface area contributed by atoms with Gasteiger partial charge in [0.1, 0.15) is 11.7 Å². The second-order valence-corrected chi connectivity index (χ2v) is 10.4. The Hall–Kier alpha value is -1.72. The number of nitrogens with zero attached hydrogens (tertiary/aromatic N) is 2. The number of hydrogen-bond acceptors (Lipinski definition) is 4. The van der Waals surface area contributed by atoms with Crippen molar-refractivity contribution in [3.8, 4) is 0 Å². The topological polar surface area (TPSA) is 59.1 Å². The van der Waals surface area contributed by atoms with Gasteiger partial charge in [0.25, 0.3) is 0 Å². The molecule has 5 atom stereocenters. The molecule has 0 N–H and O–H groups in total. The van der Waals surface area contributed by atoms with Crippen molar-refractivity contribution < 1.29 is 19.1 Å².